The van der Waals surface area contributed by atoms with Crippen LogP contribution in [0, 0.1) is 0 Å². The van der Waals surface area contributed by atoms with E-state index in [2.05, 4.69) is 15.5 Å². The lowest BCUT2D eigenvalue weighted by Gasteiger charge is -1.96. The normalized spacial score (nSPS) is 10.3. The zero-order valence-corrected chi connectivity index (χ0v) is 11.5. The molecule has 0 bridgehead atoms. The fraction of sp³-hybridized carbons (Fsp3) is 0.273. The molecule has 94 valence electrons. The molecule has 0 unspecified atom stereocenters. The summed E-state index contributed by atoms with van der Waals surface area (Å²) >= 11 is 2.53. The average molecular weight is 281 g/mol. The first-order valence-corrected chi connectivity index (χ1v) is 6.98. The highest BCUT2D eigenvalue weighted by molar-refractivity contribution is 7.17. The summed E-state index contributed by atoms with van der Waals surface area (Å²) < 4.78 is 0. The first-order valence-electron chi connectivity index (χ1n) is 5.34. The topological polar surface area (TPSA) is 72.0 Å². The Hall–Kier alpha value is -1.60. The smallest absolute Gasteiger partial charge is 0.267 e. The number of rotatable bonds is 4. The van der Waals surface area contributed by atoms with Crippen LogP contribution >= 0.6 is 22.7 Å². The van der Waals surface area contributed by atoms with E-state index >= 15 is 0 Å². The van der Waals surface area contributed by atoms with E-state index < -0.39 is 0 Å². The van der Waals surface area contributed by atoms with Crippen molar-refractivity contribution in [2.24, 2.45) is 0 Å². The number of nitrogens with one attached hydrogen (secondary N) is 1. The van der Waals surface area contributed by atoms with Gasteiger partial charge in [-0.3, -0.25) is 14.9 Å². The van der Waals surface area contributed by atoms with Gasteiger partial charge in [0.05, 0.1) is 9.75 Å². The summed E-state index contributed by atoms with van der Waals surface area (Å²) in [7, 11) is 0. The van der Waals surface area contributed by atoms with Crippen LogP contribution in [0.5, 0.6) is 0 Å². The summed E-state index contributed by atoms with van der Waals surface area (Å²) in [5.74, 6) is -0.297. The maximum absolute atomic E-state index is 11.9. The molecule has 2 heterocycles. The third kappa shape index (κ3) is 2.80. The number of carbonyl (C=O) groups excluding carboxylic acids is 2. The molecule has 0 fully saturated rings. The molecule has 0 radical (unpaired) electrons. The van der Waals surface area contributed by atoms with Crippen molar-refractivity contribution in [1.29, 1.82) is 0 Å². The van der Waals surface area contributed by atoms with Crippen molar-refractivity contribution >= 4 is 39.5 Å². The van der Waals surface area contributed by atoms with Gasteiger partial charge in [0.1, 0.15) is 5.01 Å². The van der Waals surface area contributed by atoms with E-state index in [9.17, 15) is 9.59 Å². The molecule has 1 N–H and O–H groups in total. The number of nitrogens with zero attached hydrogens (tertiary/aromatic N) is 2. The number of aryl methyl sites for hydroxylation is 1. The van der Waals surface area contributed by atoms with Crippen molar-refractivity contribution in [2.75, 3.05) is 5.32 Å². The monoisotopic (exact) mass is 281 g/mol. The summed E-state index contributed by atoms with van der Waals surface area (Å²) in [6.45, 7) is 3.45. The summed E-state index contributed by atoms with van der Waals surface area (Å²) in [6, 6.07) is 3.29. The van der Waals surface area contributed by atoms with Gasteiger partial charge in [0, 0.05) is 0 Å². The third-order valence-corrected chi connectivity index (χ3v) is 4.33. The molecule has 18 heavy (non-hydrogen) atoms. The quantitative estimate of drug-likeness (QED) is 0.874. The van der Waals surface area contributed by atoms with Gasteiger partial charge in [0.25, 0.3) is 5.91 Å². The maximum atomic E-state index is 11.9. The van der Waals surface area contributed by atoms with Gasteiger partial charge in [-0.05, 0) is 25.5 Å². The van der Waals surface area contributed by atoms with Crippen LogP contribution in [-0.2, 0) is 6.42 Å². The Balaban J connectivity index is 2.09. The number of thiophene rings is 1. The van der Waals surface area contributed by atoms with E-state index in [0.717, 1.165) is 11.4 Å². The molecule has 7 heteroatoms. The van der Waals surface area contributed by atoms with Gasteiger partial charge in [0.15, 0.2) is 5.78 Å². The Morgan fingerprint density at radius 3 is 2.50 bits per heavy atom. The van der Waals surface area contributed by atoms with Crippen LogP contribution < -0.4 is 5.32 Å². The van der Waals surface area contributed by atoms with Crippen LogP contribution in [-0.4, -0.2) is 21.9 Å². The minimum absolute atomic E-state index is 0.0387. The van der Waals surface area contributed by atoms with Crippen molar-refractivity contribution in [3.8, 4) is 0 Å². The van der Waals surface area contributed by atoms with Crippen molar-refractivity contribution in [3.05, 3.63) is 26.9 Å². The molecule has 0 aromatic carbocycles. The molecular weight excluding hydrogens is 270 g/mol. The number of amides is 1. The van der Waals surface area contributed by atoms with Crippen molar-refractivity contribution < 1.29 is 9.59 Å². The number of hydrogen-bond donors (Lipinski definition) is 1. The third-order valence-electron chi connectivity index (χ3n) is 2.17. The minimum atomic E-state index is -0.258. The Morgan fingerprint density at radius 2 is 1.94 bits per heavy atom. The number of aromatic nitrogens is 2. The second kappa shape index (κ2) is 5.36. The molecule has 1 amide bonds. The van der Waals surface area contributed by atoms with E-state index in [1.54, 1.807) is 12.1 Å². The summed E-state index contributed by atoms with van der Waals surface area (Å²) in [5.41, 5.74) is 0. The summed E-state index contributed by atoms with van der Waals surface area (Å²) in [4.78, 5) is 24.1. The Labute approximate surface area is 112 Å². The molecule has 0 aliphatic carbocycles. The van der Waals surface area contributed by atoms with E-state index in [-0.39, 0.29) is 11.7 Å². The van der Waals surface area contributed by atoms with Crippen LogP contribution in [0.25, 0.3) is 0 Å². The average Bonchev–Trinajstić information content (AvgIpc) is 2.97. The van der Waals surface area contributed by atoms with Gasteiger partial charge in [-0.15, -0.1) is 21.5 Å². The van der Waals surface area contributed by atoms with Crippen molar-refractivity contribution in [3.63, 3.8) is 0 Å². The van der Waals surface area contributed by atoms with Crippen LogP contribution in [0.4, 0.5) is 5.13 Å². The van der Waals surface area contributed by atoms with Gasteiger partial charge >= 0.3 is 0 Å². The molecule has 0 saturated carbocycles. The number of ketones is 1. The van der Waals surface area contributed by atoms with E-state index in [4.69, 9.17) is 0 Å². The lowest BCUT2D eigenvalue weighted by molar-refractivity contribution is 0.101. The number of Topliss-reactive ketones (excluding diaryl/α,β-unsaturated/α-hetero) is 1. The second-order valence-electron chi connectivity index (χ2n) is 3.53. The Kier molecular flexibility index (Phi) is 3.83. The lowest BCUT2D eigenvalue weighted by Crippen LogP contribution is -2.09. The van der Waals surface area contributed by atoms with Gasteiger partial charge in [-0.2, -0.15) is 0 Å². The zero-order chi connectivity index (χ0) is 13.1. The van der Waals surface area contributed by atoms with E-state index in [1.165, 1.54) is 29.6 Å². The largest absolute Gasteiger partial charge is 0.296 e. The van der Waals surface area contributed by atoms with Crippen LogP contribution in [0.15, 0.2) is 12.1 Å². The molecule has 0 spiro atoms. The second-order valence-corrected chi connectivity index (χ2v) is 5.67. The zero-order valence-electron chi connectivity index (χ0n) is 9.89. The highest BCUT2D eigenvalue weighted by Gasteiger charge is 2.13. The predicted molar refractivity (Wildman–Crippen MR) is 71.6 cm³/mol. The Bertz CT molecular complexity index is 589. The van der Waals surface area contributed by atoms with Crippen molar-refractivity contribution in [2.45, 2.75) is 20.3 Å². The molecule has 0 saturated heterocycles. The molecule has 0 aliphatic rings. The van der Waals surface area contributed by atoms with E-state index in [1.807, 2.05) is 6.92 Å². The van der Waals surface area contributed by atoms with Gasteiger partial charge < -0.3 is 0 Å². The molecule has 2 aromatic rings. The Morgan fingerprint density at radius 1 is 1.22 bits per heavy atom. The first kappa shape index (κ1) is 12.8. The first-order chi connectivity index (χ1) is 8.60. The number of carbonyl (C=O) groups is 2. The van der Waals surface area contributed by atoms with Crippen molar-refractivity contribution in [1.82, 2.24) is 10.2 Å². The molecule has 5 nitrogen and oxygen atoms in total. The van der Waals surface area contributed by atoms with Crippen LogP contribution in [0.1, 0.15) is 38.2 Å². The lowest BCUT2D eigenvalue weighted by atomic mass is 10.3. The van der Waals surface area contributed by atoms with Crippen LogP contribution in [0.3, 0.4) is 0 Å². The van der Waals surface area contributed by atoms with Gasteiger partial charge in [-0.25, -0.2) is 0 Å². The van der Waals surface area contributed by atoms with Gasteiger partial charge in [-0.1, -0.05) is 18.3 Å². The van der Waals surface area contributed by atoms with E-state index in [0.29, 0.717) is 14.9 Å². The molecule has 0 aliphatic heterocycles. The fourth-order valence-electron chi connectivity index (χ4n) is 1.25. The molecule has 2 aromatic heterocycles. The minimum Gasteiger partial charge on any atom is -0.296 e. The number of anilines is 1. The SMILES string of the molecule is CCc1nnc(NC(=O)c2ccc(C(C)=O)s2)s1. The fourth-order valence-corrected chi connectivity index (χ4v) is 2.73. The summed E-state index contributed by atoms with van der Waals surface area (Å²) in [6.07, 6.45) is 0.793. The number of hydrogen-bond acceptors (Lipinski definition) is 6. The predicted octanol–water partition coefficient (Wildman–Crippen LogP) is 2.62. The molecule has 0 atom stereocenters. The maximum Gasteiger partial charge on any atom is 0.267 e. The highest BCUT2D eigenvalue weighted by atomic mass is 32.1. The van der Waals surface area contributed by atoms with Gasteiger partial charge in [0.2, 0.25) is 5.13 Å². The standard InChI is InChI=1S/C11H11N3O2S2/c1-3-9-13-14-11(18-9)12-10(16)8-5-4-7(17-8)6(2)15/h4-5H,3H2,1-2H3,(H,12,14,16). The highest BCUT2D eigenvalue weighted by Crippen LogP contribution is 2.20. The molecular formula is C11H11N3O2S2. The summed E-state index contributed by atoms with van der Waals surface area (Å²) in [5, 5.41) is 11.8. The molecule has 2 rings (SSSR count). The van der Waals surface area contributed by atoms with Crippen LogP contribution in [0.2, 0.25) is 0 Å².